The van der Waals surface area contributed by atoms with Gasteiger partial charge in [0.1, 0.15) is 23.9 Å². The molecule has 0 aliphatic heterocycles. The van der Waals surface area contributed by atoms with Crippen molar-refractivity contribution in [3.8, 4) is 17.2 Å². The number of rotatable bonds is 9. The summed E-state index contributed by atoms with van der Waals surface area (Å²) in [5, 5.41) is 4.03. The maximum absolute atomic E-state index is 13.7. The van der Waals surface area contributed by atoms with E-state index in [0.29, 0.717) is 17.2 Å². The van der Waals surface area contributed by atoms with E-state index in [1.54, 1.807) is 12.1 Å². The van der Waals surface area contributed by atoms with Crippen LogP contribution >= 0.6 is 7.82 Å². The molecule has 0 bridgehead atoms. The minimum Gasteiger partial charge on any atom is -0.491 e. The molecule has 0 heterocycles. The Balaban J connectivity index is 1.36. The highest BCUT2D eigenvalue weighted by Crippen LogP contribution is 2.50. The maximum Gasteiger partial charge on any atom is 0.587 e. The number of ether oxygens (including phenoxy) is 1. The third kappa shape index (κ3) is 5.40. The summed E-state index contributed by atoms with van der Waals surface area (Å²) >= 11 is 0. The Labute approximate surface area is 198 Å². The highest BCUT2D eigenvalue weighted by Gasteiger charge is 2.31. The molecule has 0 N–H and O–H groups in total. The zero-order valence-corrected chi connectivity index (χ0v) is 19.3. The zero-order chi connectivity index (χ0) is 23.2. The van der Waals surface area contributed by atoms with Gasteiger partial charge in [-0.15, -0.1) is 0 Å². The molecule has 5 nitrogen and oxygen atoms in total. The van der Waals surface area contributed by atoms with Crippen LogP contribution in [0.4, 0.5) is 0 Å². The van der Waals surface area contributed by atoms with Crippen LogP contribution in [-0.2, 0) is 9.09 Å². The molecule has 0 aliphatic carbocycles. The van der Waals surface area contributed by atoms with Crippen LogP contribution < -0.4 is 13.8 Å². The molecular formula is C28H23O5P. The van der Waals surface area contributed by atoms with E-state index in [2.05, 4.69) is 0 Å². The fraction of sp³-hybridized carbons (Fsp3) is 0.0714. The lowest BCUT2D eigenvalue weighted by Crippen LogP contribution is -2.11. The topological polar surface area (TPSA) is 54.0 Å². The van der Waals surface area contributed by atoms with Gasteiger partial charge in [-0.25, -0.2) is 4.57 Å². The zero-order valence-electron chi connectivity index (χ0n) is 18.4. The van der Waals surface area contributed by atoms with Crippen molar-refractivity contribution in [2.75, 3.05) is 13.2 Å². The molecule has 0 aromatic heterocycles. The van der Waals surface area contributed by atoms with Gasteiger partial charge < -0.3 is 13.8 Å². The van der Waals surface area contributed by atoms with Crippen molar-refractivity contribution in [2.24, 2.45) is 0 Å². The molecule has 0 unspecified atom stereocenters. The van der Waals surface area contributed by atoms with Gasteiger partial charge in [0.2, 0.25) is 0 Å². The van der Waals surface area contributed by atoms with Crippen LogP contribution in [0, 0.1) is 0 Å². The Morgan fingerprint density at radius 3 is 1.56 bits per heavy atom. The van der Waals surface area contributed by atoms with Gasteiger partial charge in [0.05, 0.1) is 6.61 Å². The van der Waals surface area contributed by atoms with E-state index in [1.165, 1.54) is 0 Å². The van der Waals surface area contributed by atoms with Crippen molar-refractivity contribution >= 4 is 29.4 Å². The molecule has 34 heavy (non-hydrogen) atoms. The van der Waals surface area contributed by atoms with Crippen LogP contribution in [0.2, 0.25) is 0 Å². The Bertz CT molecular complexity index is 1370. The van der Waals surface area contributed by atoms with Crippen LogP contribution in [0.1, 0.15) is 0 Å². The molecule has 6 heteroatoms. The van der Waals surface area contributed by atoms with Gasteiger partial charge in [-0.2, -0.15) is 0 Å². The molecule has 5 rings (SSSR count). The van der Waals surface area contributed by atoms with Crippen molar-refractivity contribution in [1.82, 2.24) is 0 Å². The molecule has 0 saturated heterocycles. The molecule has 170 valence electrons. The van der Waals surface area contributed by atoms with E-state index in [9.17, 15) is 4.57 Å². The number of fused-ring (bicyclic) bond motifs is 2. The van der Waals surface area contributed by atoms with Gasteiger partial charge in [-0.3, -0.25) is 4.52 Å². The number of phosphoric acid groups is 1. The van der Waals surface area contributed by atoms with Gasteiger partial charge in [0.25, 0.3) is 0 Å². The smallest absolute Gasteiger partial charge is 0.491 e. The predicted octanol–water partition coefficient (Wildman–Crippen LogP) is 7.65. The molecule has 0 saturated carbocycles. The summed E-state index contributed by atoms with van der Waals surface area (Å²) in [5.41, 5.74) is 0. The number of para-hydroxylation sites is 1. The maximum atomic E-state index is 13.7. The second-order valence-corrected chi connectivity index (χ2v) is 9.16. The highest BCUT2D eigenvalue weighted by molar-refractivity contribution is 7.49. The quantitative estimate of drug-likeness (QED) is 0.164. The van der Waals surface area contributed by atoms with E-state index in [4.69, 9.17) is 18.3 Å². The summed E-state index contributed by atoms with van der Waals surface area (Å²) in [6, 6.07) is 36.0. The first-order chi connectivity index (χ1) is 16.7. The van der Waals surface area contributed by atoms with E-state index in [0.717, 1.165) is 21.5 Å². The first-order valence-corrected chi connectivity index (χ1v) is 12.4. The second-order valence-electron chi connectivity index (χ2n) is 7.64. The molecule has 0 fully saturated rings. The van der Waals surface area contributed by atoms with Gasteiger partial charge in [-0.1, -0.05) is 78.9 Å². The molecular weight excluding hydrogens is 447 g/mol. The average molecular weight is 470 g/mol. The van der Waals surface area contributed by atoms with Crippen molar-refractivity contribution in [1.29, 1.82) is 0 Å². The van der Waals surface area contributed by atoms with E-state index >= 15 is 0 Å². The molecule has 0 atom stereocenters. The Morgan fingerprint density at radius 2 is 1.00 bits per heavy atom. The third-order valence-corrected chi connectivity index (χ3v) is 6.59. The summed E-state index contributed by atoms with van der Waals surface area (Å²) in [7, 11) is -4.02. The lowest BCUT2D eigenvalue weighted by atomic mass is 10.1. The van der Waals surface area contributed by atoms with Crippen LogP contribution in [-0.4, -0.2) is 13.2 Å². The summed E-state index contributed by atoms with van der Waals surface area (Å²) in [6.07, 6.45) is 0. The van der Waals surface area contributed by atoms with E-state index in [-0.39, 0.29) is 13.2 Å². The summed E-state index contributed by atoms with van der Waals surface area (Å²) in [4.78, 5) is 0. The van der Waals surface area contributed by atoms with Gasteiger partial charge in [0, 0.05) is 0 Å². The van der Waals surface area contributed by atoms with Crippen LogP contribution in [0.5, 0.6) is 17.2 Å². The van der Waals surface area contributed by atoms with Gasteiger partial charge >= 0.3 is 7.82 Å². The predicted molar refractivity (Wildman–Crippen MR) is 135 cm³/mol. The number of benzene rings is 5. The molecule has 0 amide bonds. The largest absolute Gasteiger partial charge is 0.587 e. The highest BCUT2D eigenvalue weighted by atomic mass is 31.2. The van der Waals surface area contributed by atoms with Crippen LogP contribution in [0.15, 0.2) is 115 Å². The SMILES string of the molecule is O=P(OCCOc1ccccc1)(Oc1ccc2ccccc2c1)Oc1ccc2ccccc2c1. The molecule has 0 radical (unpaired) electrons. The normalized spacial score (nSPS) is 11.4. The van der Waals surface area contributed by atoms with Crippen molar-refractivity contribution in [3.63, 3.8) is 0 Å². The fourth-order valence-corrected chi connectivity index (χ4v) is 4.79. The first kappa shape index (κ1) is 22.0. The Hall–Kier alpha value is -3.79. The summed E-state index contributed by atoms with van der Waals surface area (Å²) < 4.78 is 36.7. The van der Waals surface area contributed by atoms with Crippen molar-refractivity contribution < 1.29 is 22.9 Å². The average Bonchev–Trinajstić information content (AvgIpc) is 2.87. The van der Waals surface area contributed by atoms with Crippen LogP contribution in [0.25, 0.3) is 21.5 Å². The minimum atomic E-state index is -4.02. The Morgan fingerprint density at radius 1 is 0.500 bits per heavy atom. The summed E-state index contributed by atoms with van der Waals surface area (Å²) in [5.74, 6) is 1.49. The van der Waals surface area contributed by atoms with Crippen molar-refractivity contribution in [3.05, 3.63) is 115 Å². The van der Waals surface area contributed by atoms with Gasteiger partial charge in [-0.05, 0) is 57.9 Å². The summed E-state index contributed by atoms with van der Waals surface area (Å²) in [6.45, 7) is 0.212. The molecule has 5 aromatic carbocycles. The van der Waals surface area contributed by atoms with Gasteiger partial charge in [0.15, 0.2) is 0 Å². The lowest BCUT2D eigenvalue weighted by molar-refractivity contribution is 0.169. The van der Waals surface area contributed by atoms with E-state index < -0.39 is 7.82 Å². The number of phosphoric ester groups is 1. The third-order valence-electron chi connectivity index (χ3n) is 5.22. The monoisotopic (exact) mass is 470 g/mol. The van der Waals surface area contributed by atoms with Crippen molar-refractivity contribution in [2.45, 2.75) is 0 Å². The number of hydrogen-bond donors (Lipinski definition) is 0. The van der Waals surface area contributed by atoms with Crippen LogP contribution in [0.3, 0.4) is 0 Å². The van der Waals surface area contributed by atoms with E-state index in [1.807, 2.05) is 103 Å². The molecule has 0 spiro atoms. The standard InChI is InChI=1S/C28H23O5P/c29-34(31-19-18-30-26-12-2-1-3-13-26,32-27-16-14-22-8-4-6-10-24(22)20-27)33-28-17-15-23-9-5-7-11-25(23)21-28/h1-17,20-21H,18-19H2. The molecule has 5 aromatic rings. The minimum absolute atomic E-state index is 0.0212. The second kappa shape index (κ2) is 10.0. The Kier molecular flexibility index (Phi) is 6.48. The molecule has 0 aliphatic rings. The fourth-order valence-electron chi connectivity index (χ4n) is 3.60. The lowest BCUT2D eigenvalue weighted by Gasteiger charge is -2.19. The number of hydrogen-bond acceptors (Lipinski definition) is 5. The first-order valence-electron chi connectivity index (χ1n) is 11.0.